The van der Waals surface area contributed by atoms with E-state index in [4.69, 9.17) is 11.6 Å². The van der Waals surface area contributed by atoms with Crippen molar-refractivity contribution in [2.45, 2.75) is 20.3 Å². The lowest BCUT2D eigenvalue weighted by Gasteiger charge is -2.05. The number of benzene rings is 1. The van der Waals surface area contributed by atoms with E-state index in [0.29, 0.717) is 11.5 Å². The van der Waals surface area contributed by atoms with E-state index >= 15 is 0 Å². The molecule has 0 spiro atoms. The Morgan fingerprint density at radius 3 is 2.69 bits per heavy atom. The Morgan fingerprint density at radius 1 is 1.46 bits per heavy atom. The molecule has 0 radical (unpaired) electrons. The minimum absolute atomic E-state index is 0.384. The normalized spacial score (nSPS) is 10.5. The first kappa shape index (κ1) is 10.3. The van der Waals surface area contributed by atoms with Crippen LogP contribution < -0.4 is 0 Å². The van der Waals surface area contributed by atoms with Crippen molar-refractivity contribution in [3.8, 4) is 0 Å². The summed E-state index contributed by atoms with van der Waals surface area (Å²) in [5.74, 6) is 0.598. The van der Waals surface area contributed by atoms with E-state index < -0.39 is 0 Å². The zero-order valence-corrected chi connectivity index (χ0v) is 8.64. The maximum atomic E-state index is 10.8. The zero-order valence-electron chi connectivity index (χ0n) is 7.88. The summed E-state index contributed by atoms with van der Waals surface area (Å²) >= 11 is 5.37. The van der Waals surface area contributed by atoms with Crippen LogP contribution in [0.4, 0.5) is 0 Å². The predicted octanol–water partition coefficient (Wildman–Crippen LogP) is 3.26. The monoisotopic (exact) mass is 196 g/mol. The van der Waals surface area contributed by atoms with Crippen molar-refractivity contribution in [3.63, 3.8) is 0 Å². The lowest BCUT2D eigenvalue weighted by Crippen LogP contribution is -1.96. The highest BCUT2D eigenvalue weighted by molar-refractivity contribution is 6.67. The van der Waals surface area contributed by atoms with Crippen molar-refractivity contribution in [2.75, 3.05) is 0 Å². The molecule has 0 aliphatic carbocycles. The van der Waals surface area contributed by atoms with Crippen LogP contribution in [0.5, 0.6) is 0 Å². The first-order chi connectivity index (χ1) is 6.09. The van der Waals surface area contributed by atoms with Gasteiger partial charge < -0.3 is 0 Å². The van der Waals surface area contributed by atoms with Gasteiger partial charge in [-0.15, -0.1) is 0 Å². The van der Waals surface area contributed by atoms with Crippen LogP contribution >= 0.6 is 11.6 Å². The van der Waals surface area contributed by atoms with Gasteiger partial charge in [0, 0.05) is 5.56 Å². The van der Waals surface area contributed by atoms with Gasteiger partial charge in [-0.05, 0) is 35.6 Å². The minimum atomic E-state index is -0.384. The van der Waals surface area contributed by atoms with Gasteiger partial charge in [0.25, 0.3) is 5.24 Å². The summed E-state index contributed by atoms with van der Waals surface area (Å²) in [4.78, 5) is 10.8. The Labute approximate surface area is 83.7 Å². The highest BCUT2D eigenvalue weighted by Crippen LogP contribution is 2.11. The number of halogens is 1. The van der Waals surface area contributed by atoms with Crippen LogP contribution in [0.3, 0.4) is 0 Å². The summed E-state index contributed by atoms with van der Waals surface area (Å²) in [6.07, 6.45) is 0.984. The van der Waals surface area contributed by atoms with Crippen molar-refractivity contribution in [1.82, 2.24) is 0 Å². The van der Waals surface area contributed by atoms with Crippen molar-refractivity contribution < 1.29 is 4.79 Å². The molecule has 0 saturated heterocycles. The summed E-state index contributed by atoms with van der Waals surface area (Å²) in [7, 11) is 0. The third-order valence-electron chi connectivity index (χ3n) is 1.80. The van der Waals surface area contributed by atoms with Crippen LogP contribution in [0.1, 0.15) is 29.8 Å². The Balaban J connectivity index is 2.85. The molecule has 70 valence electrons. The van der Waals surface area contributed by atoms with Crippen LogP contribution in [0.2, 0.25) is 0 Å². The second kappa shape index (κ2) is 4.43. The molecule has 1 aromatic rings. The van der Waals surface area contributed by atoms with Gasteiger partial charge in [-0.2, -0.15) is 0 Å². The third-order valence-corrected chi connectivity index (χ3v) is 2.02. The molecular formula is C11H13ClO. The molecule has 0 aliphatic heterocycles. The van der Waals surface area contributed by atoms with Crippen LogP contribution in [0.25, 0.3) is 0 Å². The average Bonchev–Trinajstić information content (AvgIpc) is 2.03. The molecule has 13 heavy (non-hydrogen) atoms. The molecule has 1 nitrogen and oxygen atoms in total. The lowest BCUT2D eigenvalue weighted by atomic mass is 10.0. The molecule has 0 aliphatic rings. The van der Waals surface area contributed by atoms with Gasteiger partial charge in [0.05, 0.1) is 0 Å². The van der Waals surface area contributed by atoms with Crippen molar-refractivity contribution >= 4 is 16.8 Å². The molecule has 0 N–H and O–H groups in total. The largest absolute Gasteiger partial charge is 0.276 e. The summed E-state index contributed by atoms with van der Waals surface area (Å²) in [5, 5.41) is -0.384. The maximum absolute atomic E-state index is 10.8. The molecule has 0 aromatic heterocycles. The van der Waals surface area contributed by atoms with Gasteiger partial charge >= 0.3 is 0 Å². The minimum Gasteiger partial charge on any atom is -0.276 e. The van der Waals surface area contributed by atoms with Gasteiger partial charge in [-0.3, -0.25) is 4.79 Å². The van der Waals surface area contributed by atoms with Crippen LogP contribution in [0, 0.1) is 5.92 Å². The Morgan fingerprint density at radius 2 is 2.15 bits per heavy atom. The highest BCUT2D eigenvalue weighted by Gasteiger charge is 2.03. The summed E-state index contributed by atoms with van der Waals surface area (Å²) in [6.45, 7) is 4.30. The zero-order chi connectivity index (χ0) is 9.84. The lowest BCUT2D eigenvalue weighted by molar-refractivity contribution is 0.108. The molecule has 0 heterocycles. The van der Waals surface area contributed by atoms with E-state index in [2.05, 4.69) is 13.8 Å². The van der Waals surface area contributed by atoms with E-state index in [1.165, 1.54) is 5.56 Å². The summed E-state index contributed by atoms with van der Waals surface area (Å²) in [5.41, 5.74) is 1.75. The molecular weight excluding hydrogens is 184 g/mol. The van der Waals surface area contributed by atoms with E-state index in [1.807, 2.05) is 18.2 Å². The Bertz CT molecular complexity index is 305. The number of carbonyl (C=O) groups is 1. The number of hydrogen-bond donors (Lipinski definition) is 0. The molecule has 0 amide bonds. The topological polar surface area (TPSA) is 17.1 Å². The molecule has 0 bridgehead atoms. The standard InChI is InChI=1S/C11H13ClO/c1-8(2)6-9-4-3-5-10(7-9)11(12)13/h3-5,7-8H,6H2,1-2H3. The quantitative estimate of drug-likeness (QED) is 0.679. The van der Waals surface area contributed by atoms with Crippen molar-refractivity contribution in [2.24, 2.45) is 5.92 Å². The molecule has 0 atom stereocenters. The predicted molar refractivity (Wildman–Crippen MR) is 55.2 cm³/mol. The fourth-order valence-electron chi connectivity index (χ4n) is 1.29. The SMILES string of the molecule is CC(C)Cc1cccc(C(=O)Cl)c1. The van der Waals surface area contributed by atoms with Gasteiger partial charge in [0.2, 0.25) is 0 Å². The fraction of sp³-hybridized carbons (Fsp3) is 0.364. The number of rotatable bonds is 3. The van der Waals surface area contributed by atoms with Gasteiger partial charge in [0.15, 0.2) is 0 Å². The van der Waals surface area contributed by atoms with Crippen molar-refractivity contribution in [1.29, 1.82) is 0 Å². The summed E-state index contributed by atoms with van der Waals surface area (Å²) in [6, 6.07) is 7.48. The average molecular weight is 197 g/mol. The summed E-state index contributed by atoms with van der Waals surface area (Å²) < 4.78 is 0. The fourth-order valence-corrected chi connectivity index (χ4v) is 1.41. The van der Waals surface area contributed by atoms with Crippen LogP contribution in [-0.2, 0) is 6.42 Å². The number of hydrogen-bond acceptors (Lipinski definition) is 1. The Kier molecular flexibility index (Phi) is 3.49. The van der Waals surface area contributed by atoms with Crippen LogP contribution in [0.15, 0.2) is 24.3 Å². The van der Waals surface area contributed by atoms with Gasteiger partial charge in [0.1, 0.15) is 0 Å². The second-order valence-electron chi connectivity index (χ2n) is 3.57. The van der Waals surface area contributed by atoms with Crippen molar-refractivity contribution in [3.05, 3.63) is 35.4 Å². The van der Waals surface area contributed by atoms with E-state index in [1.54, 1.807) is 6.07 Å². The first-order valence-corrected chi connectivity index (χ1v) is 4.76. The van der Waals surface area contributed by atoms with Crippen LogP contribution in [-0.4, -0.2) is 5.24 Å². The van der Waals surface area contributed by atoms with Gasteiger partial charge in [-0.1, -0.05) is 32.0 Å². The maximum Gasteiger partial charge on any atom is 0.252 e. The number of carbonyl (C=O) groups excluding carboxylic acids is 1. The molecule has 0 fully saturated rings. The molecule has 0 unspecified atom stereocenters. The molecule has 0 saturated carbocycles. The van der Waals surface area contributed by atoms with Gasteiger partial charge in [-0.25, -0.2) is 0 Å². The molecule has 2 heteroatoms. The molecule has 1 aromatic carbocycles. The Hall–Kier alpha value is -0.820. The highest BCUT2D eigenvalue weighted by atomic mass is 35.5. The second-order valence-corrected chi connectivity index (χ2v) is 3.92. The van der Waals surface area contributed by atoms with E-state index in [9.17, 15) is 4.79 Å². The first-order valence-electron chi connectivity index (χ1n) is 4.38. The third kappa shape index (κ3) is 3.19. The molecule has 1 rings (SSSR count). The van der Waals surface area contributed by atoms with E-state index in [-0.39, 0.29) is 5.24 Å². The van der Waals surface area contributed by atoms with E-state index in [0.717, 1.165) is 6.42 Å². The smallest absolute Gasteiger partial charge is 0.252 e.